The van der Waals surface area contributed by atoms with Crippen LogP contribution in [0.15, 0.2) is 0 Å². The fourth-order valence-electron chi connectivity index (χ4n) is 7.69. The summed E-state index contributed by atoms with van der Waals surface area (Å²) in [5.74, 6) is -0.141. The van der Waals surface area contributed by atoms with E-state index < -0.39 is 49.5 Å². The number of unbranched alkanes of at least 4 members (excludes halogenated alkanes) is 29. The molecule has 0 spiro atoms. The highest BCUT2D eigenvalue weighted by Crippen LogP contribution is 2.23. The van der Waals surface area contributed by atoms with E-state index in [1.165, 1.54) is 161 Å². The summed E-state index contributed by atoms with van der Waals surface area (Å²) in [6.07, 6.45) is 32.5. The van der Waals surface area contributed by atoms with Crippen LogP contribution in [0, 0.1) is 0 Å². The molecule has 1 heterocycles. The predicted molar refractivity (Wildman–Crippen MR) is 221 cm³/mol. The van der Waals surface area contributed by atoms with Gasteiger partial charge in [0.15, 0.2) is 6.29 Å². The molecule has 0 bridgehead atoms. The first-order chi connectivity index (χ1) is 26.3. The molecule has 1 rings (SSSR count). The predicted octanol–water partition coefficient (Wildman–Crippen LogP) is 9.56. The lowest BCUT2D eigenvalue weighted by atomic mass is 9.99. The molecule has 0 aliphatic carbocycles. The van der Waals surface area contributed by atoms with Gasteiger partial charge in [-0.3, -0.25) is 4.79 Å². The molecule has 0 saturated carbocycles. The summed E-state index contributed by atoms with van der Waals surface area (Å²) in [7, 11) is 0. The van der Waals surface area contributed by atoms with Crippen molar-refractivity contribution in [2.24, 2.45) is 0 Å². The maximum atomic E-state index is 13.0. The lowest BCUT2D eigenvalue weighted by Crippen LogP contribution is -2.60. The third-order valence-electron chi connectivity index (χ3n) is 11.5. The van der Waals surface area contributed by atoms with Crippen molar-refractivity contribution in [2.45, 2.75) is 269 Å². The Labute approximate surface area is 332 Å². The minimum atomic E-state index is -1.55. The first kappa shape index (κ1) is 51.2. The molecule has 322 valence electrons. The van der Waals surface area contributed by atoms with E-state index in [0.29, 0.717) is 12.8 Å². The van der Waals surface area contributed by atoms with Crippen molar-refractivity contribution in [3.63, 3.8) is 0 Å². The third kappa shape index (κ3) is 26.9. The summed E-state index contributed by atoms with van der Waals surface area (Å²) in [5, 5.41) is 54.3. The topological polar surface area (TPSA) is 149 Å². The number of amides is 1. The molecule has 0 aromatic heterocycles. The van der Waals surface area contributed by atoms with Crippen LogP contribution < -0.4 is 5.32 Å². The highest BCUT2D eigenvalue weighted by atomic mass is 16.7. The molecule has 1 aliphatic rings. The van der Waals surface area contributed by atoms with Gasteiger partial charge >= 0.3 is 0 Å². The Kier molecular flexibility index (Phi) is 34.6. The van der Waals surface area contributed by atoms with Gasteiger partial charge in [0.1, 0.15) is 24.4 Å². The van der Waals surface area contributed by atoms with Crippen molar-refractivity contribution in [3.8, 4) is 0 Å². The zero-order chi connectivity index (χ0) is 39.5. The van der Waals surface area contributed by atoms with Crippen molar-refractivity contribution in [1.29, 1.82) is 0 Å². The van der Waals surface area contributed by atoms with Gasteiger partial charge in [-0.2, -0.15) is 0 Å². The van der Waals surface area contributed by atoms with Gasteiger partial charge < -0.3 is 40.3 Å². The van der Waals surface area contributed by atoms with E-state index in [1.807, 2.05) is 0 Å². The lowest BCUT2D eigenvalue weighted by Gasteiger charge is -2.40. The second-order valence-corrected chi connectivity index (χ2v) is 16.6. The number of carbonyl (C=O) groups excluding carboxylic acids is 1. The van der Waals surface area contributed by atoms with Crippen LogP contribution in [-0.2, 0) is 14.3 Å². The van der Waals surface area contributed by atoms with Crippen LogP contribution in [0.2, 0.25) is 0 Å². The highest BCUT2D eigenvalue weighted by Gasteiger charge is 2.44. The monoisotopic (exact) mass is 772 g/mol. The normalized spacial score (nSPS) is 21.4. The van der Waals surface area contributed by atoms with Gasteiger partial charge in [0.25, 0.3) is 0 Å². The average Bonchev–Trinajstić information content (AvgIpc) is 3.17. The highest BCUT2D eigenvalue weighted by molar-refractivity contribution is 5.76. The molecule has 0 radical (unpaired) electrons. The molecule has 1 fully saturated rings. The molecule has 1 aliphatic heterocycles. The van der Waals surface area contributed by atoms with Gasteiger partial charge in [0.05, 0.1) is 25.4 Å². The van der Waals surface area contributed by atoms with E-state index in [9.17, 15) is 30.3 Å². The van der Waals surface area contributed by atoms with Crippen LogP contribution in [0.5, 0.6) is 0 Å². The zero-order valence-electron chi connectivity index (χ0n) is 35.3. The second-order valence-electron chi connectivity index (χ2n) is 16.6. The summed E-state index contributed by atoms with van der Waals surface area (Å²) in [6, 6.07) is -0.711. The van der Waals surface area contributed by atoms with Gasteiger partial charge in [-0.1, -0.05) is 206 Å². The van der Waals surface area contributed by atoms with E-state index >= 15 is 0 Å². The SMILES string of the molecule is CCCCCCCCCCCCCCCCCCC[C@@H](O)[C@H](CO[C@@H]1O[C@H](CO)[C@H](O)C(O)C1O)NC(=O)CCCCCCCCCCCCCCCC. The lowest BCUT2D eigenvalue weighted by molar-refractivity contribution is -0.302. The molecule has 2 unspecified atom stereocenters. The molecular formula is C45H89NO8. The maximum absolute atomic E-state index is 13.0. The summed E-state index contributed by atoms with van der Waals surface area (Å²) < 4.78 is 11.3. The maximum Gasteiger partial charge on any atom is 0.220 e. The number of hydrogen-bond donors (Lipinski definition) is 6. The number of aliphatic hydroxyl groups excluding tert-OH is 5. The molecule has 7 atom stereocenters. The standard InChI is InChI=1S/C45H89NO8/c1-3-5-7-9-11-13-15-17-19-20-21-22-24-26-28-30-32-34-39(48)38(37-53-45-44(52)43(51)42(50)40(36-47)54-45)46-41(49)35-33-31-29-27-25-23-18-16-14-12-10-8-6-4-2/h38-40,42-45,47-48,50-52H,3-37H2,1-2H3,(H,46,49)/t38-,39+,40+,42-,43?,44?,45+/m0/s1. The quantitative estimate of drug-likeness (QED) is 0.0339. The molecule has 1 saturated heterocycles. The van der Waals surface area contributed by atoms with Crippen LogP contribution in [0.1, 0.15) is 226 Å². The Bertz CT molecular complexity index is 817. The minimum Gasteiger partial charge on any atom is -0.394 e. The first-order valence-corrected chi connectivity index (χ1v) is 23.2. The van der Waals surface area contributed by atoms with E-state index in [1.54, 1.807) is 0 Å². The van der Waals surface area contributed by atoms with Crippen molar-refractivity contribution in [1.82, 2.24) is 5.32 Å². The summed E-state index contributed by atoms with van der Waals surface area (Å²) in [6.45, 7) is 3.85. The van der Waals surface area contributed by atoms with Crippen LogP contribution >= 0.6 is 0 Å². The fourth-order valence-corrected chi connectivity index (χ4v) is 7.69. The molecule has 0 aromatic carbocycles. The van der Waals surface area contributed by atoms with Gasteiger partial charge in [0, 0.05) is 6.42 Å². The van der Waals surface area contributed by atoms with Gasteiger partial charge in [0.2, 0.25) is 5.91 Å². The van der Waals surface area contributed by atoms with Gasteiger partial charge in [-0.25, -0.2) is 0 Å². The van der Waals surface area contributed by atoms with E-state index in [0.717, 1.165) is 38.5 Å². The molecule has 9 heteroatoms. The summed E-state index contributed by atoms with van der Waals surface area (Å²) >= 11 is 0. The summed E-state index contributed by atoms with van der Waals surface area (Å²) in [5.41, 5.74) is 0. The van der Waals surface area contributed by atoms with Crippen molar-refractivity contribution < 1.29 is 39.8 Å². The number of rotatable bonds is 39. The first-order valence-electron chi connectivity index (χ1n) is 23.2. The number of ether oxygens (including phenoxy) is 2. The third-order valence-corrected chi connectivity index (χ3v) is 11.5. The Balaban J connectivity index is 2.31. The van der Waals surface area contributed by atoms with Gasteiger partial charge in [-0.05, 0) is 12.8 Å². The molecule has 0 aromatic rings. The number of nitrogens with one attached hydrogen (secondary N) is 1. The summed E-state index contributed by atoms with van der Waals surface area (Å²) in [4.78, 5) is 13.0. The number of hydrogen-bond acceptors (Lipinski definition) is 8. The van der Waals surface area contributed by atoms with E-state index in [-0.39, 0.29) is 12.5 Å². The second kappa shape index (κ2) is 36.5. The van der Waals surface area contributed by atoms with Crippen molar-refractivity contribution >= 4 is 5.91 Å². The van der Waals surface area contributed by atoms with E-state index in [4.69, 9.17) is 9.47 Å². The Morgan fingerprint density at radius 3 is 1.31 bits per heavy atom. The molecule has 9 nitrogen and oxygen atoms in total. The molecule has 6 N–H and O–H groups in total. The number of aliphatic hydroxyl groups is 5. The minimum absolute atomic E-state index is 0.132. The molecule has 54 heavy (non-hydrogen) atoms. The van der Waals surface area contributed by atoms with Crippen LogP contribution in [0.3, 0.4) is 0 Å². The Morgan fingerprint density at radius 2 is 0.926 bits per heavy atom. The zero-order valence-corrected chi connectivity index (χ0v) is 35.3. The van der Waals surface area contributed by atoms with Crippen LogP contribution in [0.4, 0.5) is 0 Å². The van der Waals surface area contributed by atoms with Crippen LogP contribution in [0.25, 0.3) is 0 Å². The Hall–Kier alpha value is -0.810. The largest absolute Gasteiger partial charge is 0.394 e. The average molecular weight is 772 g/mol. The molecule has 1 amide bonds. The Morgan fingerprint density at radius 1 is 0.556 bits per heavy atom. The smallest absolute Gasteiger partial charge is 0.220 e. The fraction of sp³-hybridized carbons (Fsp3) is 0.978. The van der Waals surface area contributed by atoms with Gasteiger partial charge in [-0.15, -0.1) is 0 Å². The number of carbonyl (C=O) groups is 1. The van der Waals surface area contributed by atoms with Crippen molar-refractivity contribution in [3.05, 3.63) is 0 Å². The van der Waals surface area contributed by atoms with Crippen LogP contribution in [-0.4, -0.2) is 87.5 Å². The molecular weight excluding hydrogens is 682 g/mol. The van der Waals surface area contributed by atoms with E-state index in [2.05, 4.69) is 19.2 Å². The van der Waals surface area contributed by atoms with Crippen molar-refractivity contribution in [2.75, 3.05) is 13.2 Å².